The molecular formula is C8H15NO2. The monoisotopic (exact) mass is 157 g/mol. The lowest BCUT2D eigenvalue weighted by molar-refractivity contribution is -0.135. The Labute approximate surface area is 67.0 Å². The van der Waals surface area contributed by atoms with Gasteiger partial charge in [-0.3, -0.25) is 4.79 Å². The number of aliphatic hydroxyl groups is 1. The fourth-order valence-corrected chi connectivity index (χ4v) is 1.56. The first-order valence-electron chi connectivity index (χ1n) is 4.02. The van der Waals surface area contributed by atoms with Gasteiger partial charge >= 0.3 is 0 Å². The quantitative estimate of drug-likeness (QED) is 0.592. The Morgan fingerprint density at radius 3 is 2.45 bits per heavy atom. The molecule has 0 unspecified atom stereocenters. The molecule has 1 aliphatic rings. The third-order valence-corrected chi connectivity index (χ3v) is 2.24. The molecule has 1 saturated carbocycles. The van der Waals surface area contributed by atoms with E-state index in [1.54, 1.807) is 19.0 Å². The third kappa shape index (κ3) is 1.71. The van der Waals surface area contributed by atoms with E-state index in [9.17, 15) is 9.90 Å². The number of hydrogen-bond acceptors (Lipinski definition) is 2. The summed E-state index contributed by atoms with van der Waals surface area (Å²) in [5.41, 5.74) is 0. The highest BCUT2D eigenvalue weighted by molar-refractivity contribution is 5.79. The molecule has 0 aromatic carbocycles. The number of amides is 1. The smallest absolute Gasteiger partial charge is 0.227 e. The molecule has 1 amide bonds. The molecule has 2 atom stereocenters. The third-order valence-electron chi connectivity index (χ3n) is 2.24. The Balaban J connectivity index is 2.53. The minimum atomic E-state index is -0.398. The normalized spacial score (nSPS) is 30.5. The Bertz CT molecular complexity index is 156. The number of nitrogens with zero attached hydrogens (tertiary/aromatic N) is 1. The zero-order valence-electron chi connectivity index (χ0n) is 7.08. The molecule has 0 saturated heterocycles. The molecule has 0 aromatic heterocycles. The molecule has 1 rings (SSSR count). The molecule has 3 heteroatoms. The van der Waals surface area contributed by atoms with Crippen molar-refractivity contribution >= 4 is 5.91 Å². The van der Waals surface area contributed by atoms with E-state index in [0.717, 1.165) is 19.3 Å². The predicted octanol–water partition coefficient (Wildman–Crippen LogP) is 0.236. The SMILES string of the molecule is CN(C)C(=O)[C@@H]1CCC[C@H]1O. The second-order valence-electron chi connectivity index (χ2n) is 3.34. The molecule has 0 radical (unpaired) electrons. The Morgan fingerprint density at radius 1 is 1.45 bits per heavy atom. The van der Waals surface area contributed by atoms with Crippen LogP contribution in [-0.2, 0) is 4.79 Å². The molecular weight excluding hydrogens is 142 g/mol. The van der Waals surface area contributed by atoms with E-state index in [1.165, 1.54) is 0 Å². The summed E-state index contributed by atoms with van der Waals surface area (Å²) in [6.07, 6.45) is 2.21. The topological polar surface area (TPSA) is 40.5 Å². The van der Waals surface area contributed by atoms with Gasteiger partial charge in [-0.1, -0.05) is 0 Å². The van der Waals surface area contributed by atoms with Crippen molar-refractivity contribution in [1.29, 1.82) is 0 Å². The standard InChI is InChI=1S/C8H15NO2/c1-9(2)8(11)6-4-3-5-7(6)10/h6-7,10H,3-5H2,1-2H3/t6-,7-/m1/s1. The van der Waals surface area contributed by atoms with E-state index in [1.807, 2.05) is 0 Å². The van der Waals surface area contributed by atoms with Gasteiger partial charge in [0.1, 0.15) is 0 Å². The van der Waals surface area contributed by atoms with Crippen LogP contribution in [0.5, 0.6) is 0 Å². The molecule has 11 heavy (non-hydrogen) atoms. The largest absolute Gasteiger partial charge is 0.392 e. The summed E-state index contributed by atoms with van der Waals surface area (Å²) in [5, 5.41) is 9.36. The first-order chi connectivity index (χ1) is 5.13. The van der Waals surface area contributed by atoms with Crippen molar-refractivity contribution < 1.29 is 9.90 Å². The van der Waals surface area contributed by atoms with E-state index in [-0.39, 0.29) is 11.8 Å². The van der Waals surface area contributed by atoms with Gasteiger partial charge in [-0.25, -0.2) is 0 Å². The van der Waals surface area contributed by atoms with E-state index < -0.39 is 6.10 Å². The van der Waals surface area contributed by atoms with Crippen molar-refractivity contribution in [3.8, 4) is 0 Å². The summed E-state index contributed by atoms with van der Waals surface area (Å²) in [7, 11) is 3.46. The number of carbonyl (C=O) groups excluding carboxylic acids is 1. The van der Waals surface area contributed by atoms with Gasteiger partial charge in [0.25, 0.3) is 0 Å². The highest BCUT2D eigenvalue weighted by Crippen LogP contribution is 2.26. The fraction of sp³-hybridized carbons (Fsp3) is 0.875. The summed E-state index contributed by atoms with van der Waals surface area (Å²) >= 11 is 0. The van der Waals surface area contributed by atoms with Crippen LogP contribution in [0.1, 0.15) is 19.3 Å². The summed E-state index contributed by atoms with van der Waals surface area (Å²) in [6.45, 7) is 0. The lowest BCUT2D eigenvalue weighted by atomic mass is 10.1. The van der Waals surface area contributed by atoms with Crippen LogP contribution in [0.25, 0.3) is 0 Å². The first-order valence-corrected chi connectivity index (χ1v) is 4.02. The fourth-order valence-electron chi connectivity index (χ4n) is 1.56. The van der Waals surface area contributed by atoms with Gasteiger partial charge in [0.05, 0.1) is 12.0 Å². The first kappa shape index (κ1) is 8.53. The molecule has 1 fully saturated rings. The summed E-state index contributed by atoms with van der Waals surface area (Å²) in [6, 6.07) is 0. The van der Waals surface area contributed by atoms with E-state index in [4.69, 9.17) is 0 Å². The maximum absolute atomic E-state index is 11.3. The predicted molar refractivity (Wildman–Crippen MR) is 42.0 cm³/mol. The van der Waals surface area contributed by atoms with Crippen LogP contribution in [-0.4, -0.2) is 36.1 Å². The average Bonchev–Trinajstić information content (AvgIpc) is 2.33. The molecule has 3 nitrogen and oxygen atoms in total. The van der Waals surface area contributed by atoms with Crippen LogP contribution >= 0.6 is 0 Å². The van der Waals surface area contributed by atoms with Gasteiger partial charge in [0, 0.05) is 14.1 Å². The van der Waals surface area contributed by atoms with Crippen LogP contribution in [0, 0.1) is 5.92 Å². The van der Waals surface area contributed by atoms with E-state index in [0.29, 0.717) is 0 Å². The number of carbonyl (C=O) groups is 1. The molecule has 64 valence electrons. The Hall–Kier alpha value is -0.570. The van der Waals surface area contributed by atoms with Crippen LogP contribution < -0.4 is 0 Å². The molecule has 0 bridgehead atoms. The second kappa shape index (κ2) is 3.22. The molecule has 0 aliphatic heterocycles. The number of hydrogen-bond donors (Lipinski definition) is 1. The zero-order valence-corrected chi connectivity index (χ0v) is 7.08. The van der Waals surface area contributed by atoms with Crippen molar-refractivity contribution in [1.82, 2.24) is 4.90 Å². The lowest BCUT2D eigenvalue weighted by Gasteiger charge is -2.18. The van der Waals surface area contributed by atoms with Gasteiger partial charge < -0.3 is 10.0 Å². The summed E-state index contributed by atoms with van der Waals surface area (Å²) < 4.78 is 0. The minimum Gasteiger partial charge on any atom is -0.392 e. The van der Waals surface area contributed by atoms with E-state index in [2.05, 4.69) is 0 Å². The Kier molecular flexibility index (Phi) is 2.49. The number of rotatable bonds is 1. The van der Waals surface area contributed by atoms with Gasteiger partial charge in [-0.05, 0) is 19.3 Å². The summed E-state index contributed by atoms with van der Waals surface area (Å²) in [4.78, 5) is 12.9. The zero-order chi connectivity index (χ0) is 8.43. The van der Waals surface area contributed by atoms with Gasteiger partial charge in [0.15, 0.2) is 0 Å². The van der Waals surface area contributed by atoms with Gasteiger partial charge in [-0.15, -0.1) is 0 Å². The molecule has 1 aliphatic carbocycles. The van der Waals surface area contributed by atoms with Crippen molar-refractivity contribution in [2.24, 2.45) is 5.92 Å². The second-order valence-corrected chi connectivity index (χ2v) is 3.34. The van der Waals surface area contributed by atoms with Crippen molar-refractivity contribution in [2.75, 3.05) is 14.1 Å². The van der Waals surface area contributed by atoms with Gasteiger partial charge in [-0.2, -0.15) is 0 Å². The maximum Gasteiger partial charge on any atom is 0.227 e. The molecule has 1 N–H and O–H groups in total. The van der Waals surface area contributed by atoms with Crippen molar-refractivity contribution in [3.05, 3.63) is 0 Å². The molecule has 0 aromatic rings. The van der Waals surface area contributed by atoms with Crippen LogP contribution in [0.4, 0.5) is 0 Å². The maximum atomic E-state index is 11.3. The minimum absolute atomic E-state index is 0.0648. The van der Waals surface area contributed by atoms with Crippen LogP contribution in [0.3, 0.4) is 0 Å². The summed E-state index contributed by atoms with van der Waals surface area (Å²) in [5.74, 6) is -0.0694. The molecule has 0 spiro atoms. The lowest BCUT2D eigenvalue weighted by Crippen LogP contribution is -2.33. The molecule has 0 heterocycles. The number of aliphatic hydroxyl groups excluding tert-OH is 1. The van der Waals surface area contributed by atoms with Crippen LogP contribution in [0.15, 0.2) is 0 Å². The van der Waals surface area contributed by atoms with Crippen LogP contribution in [0.2, 0.25) is 0 Å². The van der Waals surface area contributed by atoms with Crippen molar-refractivity contribution in [2.45, 2.75) is 25.4 Å². The van der Waals surface area contributed by atoms with E-state index >= 15 is 0 Å². The van der Waals surface area contributed by atoms with Crippen molar-refractivity contribution in [3.63, 3.8) is 0 Å². The highest BCUT2D eigenvalue weighted by Gasteiger charge is 2.32. The highest BCUT2D eigenvalue weighted by atomic mass is 16.3. The Morgan fingerprint density at radius 2 is 2.09 bits per heavy atom. The average molecular weight is 157 g/mol. The van der Waals surface area contributed by atoms with Gasteiger partial charge in [0.2, 0.25) is 5.91 Å².